The lowest BCUT2D eigenvalue weighted by atomic mass is 9.76. The summed E-state index contributed by atoms with van der Waals surface area (Å²) < 4.78 is 0. The molecule has 0 heteroatoms. The highest BCUT2D eigenvalue weighted by atomic mass is 14.3. The van der Waals surface area contributed by atoms with Gasteiger partial charge in [-0.1, -0.05) is 129 Å². The number of hydrogen-bond donors (Lipinski definition) is 0. The lowest BCUT2D eigenvalue weighted by Crippen LogP contribution is -2.11. The number of benzene rings is 1. The largest absolute Gasteiger partial charge is 0.0990 e. The maximum atomic E-state index is 4.14. The molecule has 2 aliphatic rings. The van der Waals surface area contributed by atoms with E-state index in [-0.39, 0.29) is 5.92 Å². The summed E-state index contributed by atoms with van der Waals surface area (Å²) >= 11 is 0. The van der Waals surface area contributed by atoms with Gasteiger partial charge in [0.2, 0.25) is 0 Å². The van der Waals surface area contributed by atoms with Gasteiger partial charge in [0.25, 0.3) is 0 Å². The average Bonchev–Trinajstić information content (AvgIpc) is 3.16. The Morgan fingerprint density at radius 2 is 1.71 bits per heavy atom. The van der Waals surface area contributed by atoms with E-state index >= 15 is 0 Å². The molecule has 0 fully saturated rings. The van der Waals surface area contributed by atoms with Crippen LogP contribution in [0.25, 0.3) is 5.57 Å². The minimum absolute atomic E-state index is 0.159. The molecule has 0 amide bonds. The second-order valence-corrected chi connectivity index (χ2v) is 8.73. The van der Waals surface area contributed by atoms with Crippen molar-refractivity contribution < 1.29 is 0 Å². The van der Waals surface area contributed by atoms with Crippen LogP contribution in [0.4, 0.5) is 0 Å². The molecule has 0 radical (unpaired) electrons. The molecule has 0 atom stereocenters. The van der Waals surface area contributed by atoms with Crippen LogP contribution in [0.1, 0.15) is 45.6 Å². The van der Waals surface area contributed by atoms with Crippen LogP contribution in [0.5, 0.6) is 0 Å². The Labute approximate surface area is 212 Å². The minimum atomic E-state index is 0.159. The summed E-state index contributed by atoms with van der Waals surface area (Å²) in [6, 6.07) is 10.9. The second kappa shape index (κ2) is 13.3. The zero-order valence-corrected chi connectivity index (χ0v) is 21.5. The van der Waals surface area contributed by atoms with Gasteiger partial charge < -0.3 is 0 Å². The van der Waals surface area contributed by atoms with Gasteiger partial charge in [0.05, 0.1) is 0 Å². The van der Waals surface area contributed by atoms with E-state index in [9.17, 15) is 0 Å². The van der Waals surface area contributed by atoms with Crippen LogP contribution in [0.15, 0.2) is 156 Å². The molecule has 0 unspecified atom stereocenters. The van der Waals surface area contributed by atoms with Crippen LogP contribution in [0, 0.1) is 5.92 Å². The Hall–Kier alpha value is -3.64. The Kier molecular flexibility index (Phi) is 9.87. The van der Waals surface area contributed by atoms with Crippen molar-refractivity contribution in [1.82, 2.24) is 0 Å². The fourth-order valence-electron chi connectivity index (χ4n) is 4.97. The van der Waals surface area contributed by atoms with E-state index in [0.29, 0.717) is 0 Å². The summed E-state index contributed by atoms with van der Waals surface area (Å²) in [7, 11) is 0. The molecule has 178 valence electrons. The highest BCUT2D eigenvalue weighted by Crippen LogP contribution is 2.43. The van der Waals surface area contributed by atoms with Crippen molar-refractivity contribution in [2.75, 3.05) is 0 Å². The van der Waals surface area contributed by atoms with E-state index in [1.807, 2.05) is 12.2 Å². The van der Waals surface area contributed by atoms with Crippen LogP contribution < -0.4 is 0 Å². The van der Waals surface area contributed by atoms with Crippen LogP contribution in [0.3, 0.4) is 0 Å². The van der Waals surface area contributed by atoms with E-state index in [0.717, 1.165) is 24.8 Å². The normalized spacial score (nSPS) is 23.6. The first-order valence-corrected chi connectivity index (χ1v) is 12.7. The minimum Gasteiger partial charge on any atom is -0.0990 e. The topological polar surface area (TPSA) is 0 Å². The maximum absolute atomic E-state index is 4.14. The van der Waals surface area contributed by atoms with Crippen LogP contribution in [0.2, 0.25) is 0 Å². The van der Waals surface area contributed by atoms with Crippen LogP contribution in [-0.4, -0.2) is 0 Å². The smallest absolute Gasteiger partial charge is 0.0213 e. The zero-order chi connectivity index (χ0) is 25.0. The molecule has 0 N–H and O–H groups in total. The highest BCUT2D eigenvalue weighted by Gasteiger charge is 2.25. The molecule has 0 aliphatic heterocycles. The lowest BCUT2D eigenvalue weighted by Gasteiger charge is -2.28. The molecular weight excluding hydrogens is 420 g/mol. The first-order valence-electron chi connectivity index (χ1n) is 12.7. The molecule has 0 spiro atoms. The summed E-state index contributed by atoms with van der Waals surface area (Å²) in [4.78, 5) is 0. The second-order valence-electron chi connectivity index (χ2n) is 8.73. The molecule has 1 aromatic carbocycles. The van der Waals surface area contributed by atoms with Crippen LogP contribution >= 0.6 is 0 Å². The molecular formula is C35H38. The van der Waals surface area contributed by atoms with Crippen molar-refractivity contribution in [3.05, 3.63) is 161 Å². The molecule has 3 rings (SSSR count). The third kappa shape index (κ3) is 6.28. The van der Waals surface area contributed by atoms with Gasteiger partial charge >= 0.3 is 0 Å². The molecule has 0 aromatic heterocycles. The van der Waals surface area contributed by atoms with E-state index in [2.05, 4.69) is 131 Å². The molecule has 2 aliphatic carbocycles. The predicted octanol–water partition coefficient (Wildman–Crippen LogP) is 9.99. The van der Waals surface area contributed by atoms with Crippen molar-refractivity contribution in [3.8, 4) is 0 Å². The van der Waals surface area contributed by atoms with E-state index < -0.39 is 0 Å². The highest BCUT2D eigenvalue weighted by molar-refractivity contribution is 5.86. The maximum Gasteiger partial charge on any atom is 0.0213 e. The monoisotopic (exact) mass is 458 g/mol. The molecule has 0 heterocycles. The lowest BCUT2D eigenvalue weighted by molar-refractivity contribution is 0.913. The number of rotatable bonds is 8. The standard InChI is InChI=1S/C35H38/c1-6-10-20-29(9-4)33-26-18-25-32(28(8-3)19-7-2)34(30-21-14-11-12-15-22-30)27(5)35(33)31-23-16-13-17-24-31/h6-8,10-17,19-25,30H,2-3,9,18,26H2,1,4-5H3/b10-6-,28-19+,29-20+,32-25-,34-27-,35-33-. The van der Waals surface area contributed by atoms with Gasteiger partial charge in [-0.3, -0.25) is 0 Å². The SMILES string of the molecule is C=C/C=C(C=C)/C1=C/CCC(\C(=C\C=C/C)CC)=C(c2ccccc2)/C(C)=C\1C1C=CC=CC=C1. The third-order valence-corrected chi connectivity index (χ3v) is 6.57. The van der Waals surface area contributed by atoms with Gasteiger partial charge in [-0.2, -0.15) is 0 Å². The van der Waals surface area contributed by atoms with Gasteiger partial charge in [0.15, 0.2) is 0 Å². The van der Waals surface area contributed by atoms with E-state index in [4.69, 9.17) is 0 Å². The summed E-state index contributed by atoms with van der Waals surface area (Å²) in [5, 5.41) is 0. The fraction of sp³-hybridized carbons (Fsp3) is 0.200. The molecule has 0 bridgehead atoms. The molecule has 0 nitrogen and oxygen atoms in total. The van der Waals surface area contributed by atoms with Gasteiger partial charge in [-0.05, 0) is 77.7 Å². The first kappa shape index (κ1) is 26.0. The Balaban J connectivity index is 2.44. The van der Waals surface area contributed by atoms with Gasteiger partial charge in [0.1, 0.15) is 0 Å². The van der Waals surface area contributed by atoms with Gasteiger partial charge in [0, 0.05) is 5.92 Å². The van der Waals surface area contributed by atoms with Crippen LogP contribution in [-0.2, 0) is 0 Å². The Morgan fingerprint density at radius 3 is 2.31 bits per heavy atom. The summed E-state index contributed by atoms with van der Waals surface area (Å²) in [5.41, 5.74) is 10.5. The van der Waals surface area contributed by atoms with Crippen molar-refractivity contribution in [1.29, 1.82) is 0 Å². The number of hydrogen-bond acceptors (Lipinski definition) is 0. The average molecular weight is 459 g/mol. The summed E-state index contributed by atoms with van der Waals surface area (Å²) in [6.07, 6.45) is 30.9. The summed E-state index contributed by atoms with van der Waals surface area (Å²) in [5.74, 6) is 0.159. The first-order chi connectivity index (χ1) is 17.2. The fourth-order valence-corrected chi connectivity index (χ4v) is 4.97. The van der Waals surface area contributed by atoms with Gasteiger partial charge in [-0.15, -0.1) is 0 Å². The quantitative estimate of drug-likeness (QED) is 0.340. The Morgan fingerprint density at radius 1 is 1.00 bits per heavy atom. The third-order valence-electron chi connectivity index (χ3n) is 6.57. The predicted molar refractivity (Wildman–Crippen MR) is 156 cm³/mol. The molecule has 0 saturated carbocycles. The molecule has 1 aromatic rings. The number of allylic oxidation sites excluding steroid dienone is 20. The Bertz CT molecular complexity index is 1180. The van der Waals surface area contributed by atoms with Crippen molar-refractivity contribution in [2.45, 2.75) is 40.0 Å². The van der Waals surface area contributed by atoms with Gasteiger partial charge in [-0.25, -0.2) is 0 Å². The zero-order valence-electron chi connectivity index (χ0n) is 21.5. The van der Waals surface area contributed by atoms with Crippen molar-refractivity contribution in [2.24, 2.45) is 5.92 Å². The van der Waals surface area contributed by atoms with Crippen molar-refractivity contribution in [3.63, 3.8) is 0 Å². The summed E-state index contributed by atoms with van der Waals surface area (Å²) in [6.45, 7) is 14.7. The molecule has 0 saturated heterocycles. The molecule has 35 heavy (non-hydrogen) atoms. The van der Waals surface area contributed by atoms with E-state index in [1.54, 1.807) is 0 Å². The van der Waals surface area contributed by atoms with E-state index in [1.165, 1.54) is 39.0 Å². The van der Waals surface area contributed by atoms with Crippen molar-refractivity contribution >= 4 is 5.57 Å².